The molecule has 1 aromatic heterocycles. The summed E-state index contributed by atoms with van der Waals surface area (Å²) in [5.74, 6) is 0.390. The van der Waals surface area contributed by atoms with Crippen LogP contribution in [0.2, 0.25) is 0 Å². The van der Waals surface area contributed by atoms with Crippen LogP contribution >= 0.6 is 0 Å². The zero-order valence-corrected chi connectivity index (χ0v) is 8.79. The van der Waals surface area contributed by atoms with Crippen LogP contribution in [0.3, 0.4) is 0 Å². The second kappa shape index (κ2) is 3.66. The molecule has 1 aromatic rings. The number of amides is 1. The zero-order valence-electron chi connectivity index (χ0n) is 8.79. The highest BCUT2D eigenvalue weighted by atomic mass is 16.2. The summed E-state index contributed by atoms with van der Waals surface area (Å²) in [5, 5.41) is 9.35. The predicted octanol–water partition coefficient (Wildman–Crippen LogP) is 0.267. The van der Waals surface area contributed by atoms with Crippen LogP contribution in [-0.4, -0.2) is 28.2 Å². The maximum absolute atomic E-state index is 11.8. The van der Waals surface area contributed by atoms with E-state index >= 15 is 0 Å². The van der Waals surface area contributed by atoms with Crippen molar-refractivity contribution in [1.29, 1.82) is 0 Å². The number of nitrogens with zero attached hydrogens (tertiary/aromatic N) is 1. The van der Waals surface area contributed by atoms with Crippen LogP contribution in [0.15, 0.2) is 12.3 Å². The van der Waals surface area contributed by atoms with Crippen molar-refractivity contribution in [3.05, 3.63) is 18.0 Å². The quantitative estimate of drug-likeness (QED) is 0.664. The molecule has 1 aliphatic rings. The summed E-state index contributed by atoms with van der Waals surface area (Å²) in [6.07, 6.45) is 3.86. The number of aromatic amines is 1. The van der Waals surface area contributed by atoms with E-state index in [4.69, 9.17) is 5.73 Å². The summed E-state index contributed by atoms with van der Waals surface area (Å²) < 4.78 is 0. The molecule has 0 aromatic carbocycles. The van der Waals surface area contributed by atoms with Crippen molar-refractivity contribution in [2.75, 3.05) is 6.54 Å². The fourth-order valence-electron chi connectivity index (χ4n) is 1.75. The summed E-state index contributed by atoms with van der Waals surface area (Å²) in [4.78, 5) is 11.8. The van der Waals surface area contributed by atoms with Crippen molar-refractivity contribution in [3.8, 4) is 0 Å². The molecule has 0 bridgehead atoms. The van der Waals surface area contributed by atoms with Gasteiger partial charge < -0.3 is 11.1 Å². The standard InChI is InChI=1S/C10H16N4O/c1-10(6-11,7-2-3-7)13-9(15)8-4-5-12-14-8/h4-5,7H,2-3,6,11H2,1H3,(H,12,14)(H,13,15). The van der Waals surface area contributed by atoms with Gasteiger partial charge in [0.2, 0.25) is 0 Å². The molecule has 1 heterocycles. The highest BCUT2D eigenvalue weighted by Crippen LogP contribution is 2.39. The number of carbonyl (C=O) groups is 1. The number of aromatic nitrogens is 2. The van der Waals surface area contributed by atoms with E-state index in [1.165, 1.54) is 0 Å². The van der Waals surface area contributed by atoms with Crippen LogP contribution < -0.4 is 11.1 Å². The third kappa shape index (κ3) is 2.02. The Kier molecular flexibility index (Phi) is 2.48. The van der Waals surface area contributed by atoms with Crippen LogP contribution in [0.25, 0.3) is 0 Å². The molecule has 1 fully saturated rings. The van der Waals surface area contributed by atoms with Gasteiger partial charge in [0.25, 0.3) is 5.91 Å². The van der Waals surface area contributed by atoms with Gasteiger partial charge in [0, 0.05) is 12.7 Å². The summed E-state index contributed by atoms with van der Waals surface area (Å²) in [6, 6.07) is 1.65. The van der Waals surface area contributed by atoms with Crippen molar-refractivity contribution < 1.29 is 4.79 Å². The smallest absolute Gasteiger partial charge is 0.269 e. The van der Waals surface area contributed by atoms with Gasteiger partial charge in [-0.2, -0.15) is 5.10 Å². The summed E-state index contributed by atoms with van der Waals surface area (Å²) in [5.41, 5.74) is 5.92. The monoisotopic (exact) mass is 208 g/mol. The first-order valence-electron chi connectivity index (χ1n) is 5.17. The van der Waals surface area contributed by atoms with Crippen LogP contribution in [-0.2, 0) is 0 Å². The number of carbonyl (C=O) groups excluding carboxylic acids is 1. The Balaban J connectivity index is 2.04. The normalized spacial score (nSPS) is 19.6. The van der Waals surface area contributed by atoms with Crippen molar-refractivity contribution in [2.45, 2.75) is 25.3 Å². The zero-order chi connectivity index (χ0) is 10.9. The molecule has 1 aliphatic carbocycles. The van der Waals surface area contributed by atoms with E-state index < -0.39 is 0 Å². The average molecular weight is 208 g/mol. The van der Waals surface area contributed by atoms with Crippen molar-refractivity contribution >= 4 is 5.91 Å². The largest absolute Gasteiger partial charge is 0.344 e. The van der Waals surface area contributed by atoms with E-state index in [1.807, 2.05) is 6.92 Å². The maximum atomic E-state index is 11.8. The van der Waals surface area contributed by atoms with Gasteiger partial charge in [-0.05, 0) is 31.7 Å². The lowest BCUT2D eigenvalue weighted by Gasteiger charge is -2.29. The van der Waals surface area contributed by atoms with Gasteiger partial charge in [0.05, 0.1) is 5.54 Å². The minimum absolute atomic E-state index is 0.132. The van der Waals surface area contributed by atoms with Crippen LogP contribution in [0.1, 0.15) is 30.3 Å². The summed E-state index contributed by atoms with van der Waals surface area (Å²) in [6.45, 7) is 2.47. The number of nitrogens with one attached hydrogen (secondary N) is 2. The first-order valence-corrected chi connectivity index (χ1v) is 5.17. The van der Waals surface area contributed by atoms with Gasteiger partial charge in [-0.1, -0.05) is 0 Å². The molecule has 0 spiro atoms. The molecule has 0 saturated heterocycles. The molecule has 5 nitrogen and oxygen atoms in total. The van der Waals surface area contributed by atoms with E-state index in [9.17, 15) is 4.79 Å². The van der Waals surface area contributed by atoms with Crippen LogP contribution in [0.4, 0.5) is 0 Å². The third-order valence-corrected chi connectivity index (χ3v) is 3.05. The molecule has 1 amide bonds. The lowest BCUT2D eigenvalue weighted by Crippen LogP contribution is -2.53. The van der Waals surface area contributed by atoms with E-state index in [-0.39, 0.29) is 11.4 Å². The average Bonchev–Trinajstić information content (AvgIpc) is 2.94. The molecule has 1 saturated carbocycles. The second-order valence-electron chi connectivity index (χ2n) is 4.32. The Morgan fingerprint density at radius 3 is 3.00 bits per heavy atom. The molecule has 4 N–H and O–H groups in total. The molecule has 15 heavy (non-hydrogen) atoms. The number of rotatable bonds is 4. The Morgan fingerprint density at radius 1 is 1.80 bits per heavy atom. The molecular formula is C10H16N4O. The van der Waals surface area contributed by atoms with Gasteiger partial charge >= 0.3 is 0 Å². The summed E-state index contributed by atoms with van der Waals surface area (Å²) in [7, 11) is 0. The van der Waals surface area contributed by atoms with Crippen LogP contribution in [0, 0.1) is 5.92 Å². The lowest BCUT2D eigenvalue weighted by atomic mass is 9.96. The molecule has 0 radical (unpaired) electrons. The van der Waals surface area contributed by atoms with Crippen molar-refractivity contribution in [2.24, 2.45) is 11.7 Å². The number of H-pyrrole nitrogens is 1. The Labute approximate surface area is 88.4 Å². The topological polar surface area (TPSA) is 83.8 Å². The molecule has 1 unspecified atom stereocenters. The Morgan fingerprint density at radius 2 is 2.53 bits per heavy atom. The fourth-order valence-corrected chi connectivity index (χ4v) is 1.75. The Bertz CT molecular complexity index is 344. The minimum atomic E-state index is -0.276. The highest BCUT2D eigenvalue weighted by molar-refractivity contribution is 5.92. The van der Waals surface area contributed by atoms with Gasteiger partial charge in [-0.15, -0.1) is 0 Å². The van der Waals surface area contributed by atoms with Gasteiger partial charge in [-0.25, -0.2) is 0 Å². The van der Waals surface area contributed by atoms with Crippen LogP contribution in [0.5, 0.6) is 0 Å². The number of nitrogens with two attached hydrogens (primary N) is 1. The molecule has 82 valence electrons. The first kappa shape index (κ1) is 10.2. The second-order valence-corrected chi connectivity index (χ2v) is 4.32. The Hall–Kier alpha value is -1.36. The number of hydrogen-bond acceptors (Lipinski definition) is 3. The first-order chi connectivity index (χ1) is 7.15. The SMILES string of the molecule is CC(CN)(NC(=O)c1ccn[nH]1)C1CC1. The minimum Gasteiger partial charge on any atom is -0.344 e. The number of hydrogen-bond donors (Lipinski definition) is 3. The van der Waals surface area contributed by atoms with Gasteiger partial charge in [0.15, 0.2) is 0 Å². The molecular weight excluding hydrogens is 192 g/mol. The predicted molar refractivity (Wildman–Crippen MR) is 56.2 cm³/mol. The highest BCUT2D eigenvalue weighted by Gasteiger charge is 2.41. The third-order valence-electron chi connectivity index (χ3n) is 3.05. The maximum Gasteiger partial charge on any atom is 0.269 e. The van der Waals surface area contributed by atoms with Crippen molar-refractivity contribution in [3.63, 3.8) is 0 Å². The molecule has 2 rings (SSSR count). The fraction of sp³-hybridized carbons (Fsp3) is 0.600. The van der Waals surface area contributed by atoms with Crippen molar-refractivity contribution in [1.82, 2.24) is 15.5 Å². The van der Waals surface area contributed by atoms with E-state index in [1.54, 1.807) is 12.3 Å². The van der Waals surface area contributed by atoms with E-state index in [0.29, 0.717) is 18.2 Å². The van der Waals surface area contributed by atoms with Gasteiger partial charge in [0.1, 0.15) is 5.69 Å². The van der Waals surface area contributed by atoms with E-state index in [2.05, 4.69) is 15.5 Å². The molecule has 0 aliphatic heterocycles. The molecule has 1 atom stereocenters. The van der Waals surface area contributed by atoms with E-state index in [0.717, 1.165) is 12.8 Å². The summed E-state index contributed by atoms with van der Waals surface area (Å²) >= 11 is 0. The van der Waals surface area contributed by atoms with Gasteiger partial charge in [-0.3, -0.25) is 9.89 Å². The molecule has 5 heteroatoms. The lowest BCUT2D eigenvalue weighted by molar-refractivity contribution is 0.0892.